The van der Waals surface area contributed by atoms with Crippen molar-refractivity contribution in [2.24, 2.45) is 0 Å². The van der Waals surface area contributed by atoms with Crippen LogP contribution in [0.3, 0.4) is 0 Å². The number of carbonyl (C=O) groups excluding carboxylic acids is 1. The highest BCUT2D eigenvalue weighted by atomic mass is 16.4. The molecule has 2 aromatic heterocycles. The van der Waals surface area contributed by atoms with Gasteiger partial charge in [-0.15, -0.1) is 0 Å². The molecule has 2 rings (SSSR count). The molecule has 0 saturated carbocycles. The smallest absolute Gasteiger partial charge is 0.338 e. The number of hydrogen-bond acceptors (Lipinski definition) is 5. The second kappa shape index (κ2) is 4.53. The number of carboxylic acid groups (broad SMARTS) is 1. The Labute approximate surface area is 99.2 Å². The van der Waals surface area contributed by atoms with Crippen LogP contribution >= 0.6 is 0 Å². The maximum atomic E-state index is 11.6. The minimum atomic E-state index is -1.19. The molecule has 8 nitrogen and oxygen atoms in total. The van der Waals surface area contributed by atoms with Gasteiger partial charge in [0.25, 0.3) is 11.5 Å². The monoisotopic (exact) mass is 249 g/mol. The van der Waals surface area contributed by atoms with E-state index >= 15 is 0 Å². The second-order valence-electron chi connectivity index (χ2n) is 3.27. The lowest BCUT2D eigenvalue weighted by molar-refractivity contribution is 0.0696. The Bertz CT molecular complexity index is 637. The molecule has 92 valence electrons. The molecule has 0 saturated heterocycles. The zero-order chi connectivity index (χ0) is 13.1. The number of hydrogen-bond donors (Lipinski definition) is 3. The summed E-state index contributed by atoms with van der Waals surface area (Å²) in [6, 6.07) is 3.58. The predicted octanol–water partition coefficient (Wildman–Crippen LogP) is 0.313. The molecule has 0 unspecified atom stereocenters. The molecule has 2 heterocycles. The van der Waals surface area contributed by atoms with Gasteiger partial charge < -0.3 is 14.8 Å². The van der Waals surface area contributed by atoms with Crippen LogP contribution in [0.2, 0.25) is 0 Å². The molecule has 8 heteroatoms. The largest absolute Gasteiger partial charge is 0.478 e. The lowest BCUT2D eigenvalue weighted by atomic mass is 10.3. The quantitative estimate of drug-likeness (QED) is 0.718. The van der Waals surface area contributed by atoms with Crippen LogP contribution in [-0.4, -0.2) is 27.2 Å². The Balaban J connectivity index is 2.14. The van der Waals surface area contributed by atoms with Gasteiger partial charge in [-0.2, -0.15) is 5.10 Å². The summed E-state index contributed by atoms with van der Waals surface area (Å²) in [6.07, 6.45) is 0.956. The van der Waals surface area contributed by atoms with E-state index in [9.17, 15) is 14.4 Å². The number of aromatic nitrogens is 2. The summed E-state index contributed by atoms with van der Waals surface area (Å²) in [5.74, 6) is -1.91. The summed E-state index contributed by atoms with van der Waals surface area (Å²) < 4.78 is 4.79. The van der Waals surface area contributed by atoms with Crippen LogP contribution in [0.1, 0.15) is 20.9 Å². The minimum Gasteiger partial charge on any atom is -0.478 e. The number of nitrogens with one attached hydrogen (secondary N) is 2. The van der Waals surface area contributed by atoms with Gasteiger partial charge in [-0.1, -0.05) is 0 Å². The zero-order valence-electron chi connectivity index (χ0n) is 8.84. The van der Waals surface area contributed by atoms with Crippen molar-refractivity contribution in [3.05, 3.63) is 46.1 Å². The fourth-order valence-electron chi connectivity index (χ4n) is 1.16. The van der Waals surface area contributed by atoms with Gasteiger partial charge in [-0.3, -0.25) is 9.59 Å². The normalized spacial score (nSPS) is 10.0. The van der Waals surface area contributed by atoms with Gasteiger partial charge in [0.15, 0.2) is 11.6 Å². The van der Waals surface area contributed by atoms with E-state index in [2.05, 4.69) is 15.5 Å². The van der Waals surface area contributed by atoms with Crippen LogP contribution < -0.4 is 10.9 Å². The fraction of sp³-hybridized carbons (Fsp3) is 0. The Kier molecular flexibility index (Phi) is 2.92. The SMILES string of the molecule is O=C(O)c1coc(C(=O)Nc2ccc(=O)[nH]n2)c1. The number of nitrogens with zero attached hydrogens (tertiary/aromatic N) is 1. The molecule has 0 atom stereocenters. The number of aromatic carboxylic acids is 1. The van der Waals surface area contributed by atoms with Crippen molar-refractivity contribution in [1.82, 2.24) is 10.2 Å². The number of aromatic amines is 1. The molecule has 0 bridgehead atoms. The average molecular weight is 249 g/mol. The zero-order valence-corrected chi connectivity index (χ0v) is 8.84. The minimum absolute atomic E-state index is 0.118. The Hall–Kier alpha value is -2.90. The molecule has 0 fully saturated rings. The van der Waals surface area contributed by atoms with Crippen LogP contribution in [0.25, 0.3) is 0 Å². The van der Waals surface area contributed by atoms with Crippen molar-refractivity contribution in [2.75, 3.05) is 5.32 Å². The molecular formula is C10H7N3O5. The van der Waals surface area contributed by atoms with Gasteiger partial charge in [-0.25, -0.2) is 9.89 Å². The van der Waals surface area contributed by atoms with Crippen molar-refractivity contribution in [3.63, 3.8) is 0 Å². The van der Waals surface area contributed by atoms with Gasteiger partial charge in [0, 0.05) is 12.1 Å². The van der Waals surface area contributed by atoms with Gasteiger partial charge in [0.05, 0.1) is 5.56 Å². The summed E-state index contributed by atoms with van der Waals surface area (Å²) in [4.78, 5) is 32.9. The van der Waals surface area contributed by atoms with E-state index in [-0.39, 0.29) is 17.1 Å². The standard InChI is InChI=1S/C10H7N3O5/c14-8-2-1-7(12-13-8)11-9(15)6-3-5(4-18-6)10(16)17/h1-4H,(H,13,14)(H,16,17)(H,11,12,15). The molecule has 0 radical (unpaired) electrons. The molecule has 0 aliphatic rings. The van der Waals surface area contributed by atoms with Crippen molar-refractivity contribution >= 4 is 17.7 Å². The number of carboxylic acids is 1. The van der Waals surface area contributed by atoms with E-state index in [1.165, 1.54) is 12.1 Å². The summed E-state index contributed by atoms with van der Waals surface area (Å²) in [7, 11) is 0. The third-order valence-corrected chi connectivity index (χ3v) is 1.99. The summed E-state index contributed by atoms with van der Waals surface area (Å²) in [6.45, 7) is 0. The number of carbonyl (C=O) groups is 2. The summed E-state index contributed by atoms with van der Waals surface area (Å²) in [5.41, 5.74) is -0.534. The van der Waals surface area contributed by atoms with E-state index < -0.39 is 17.4 Å². The number of rotatable bonds is 3. The second-order valence-corrected chi connectivity index (χ2v) is 3.27. The first kappa shape index (κ1) is 11.6. The molecule has 2 aromatic rings. The molecule has 0 aliphatic heterocycles. The first-order valence-corrected chi connectivity index (χ1v) is 4.75. The third-order valence-electron chi connectivity index (χ3n) is 1.99. The molecular weight excluding hydrogens is 242 g/mol. The fourth-order valence-corrected chi connectivity index (χ4v) is 1.16. The van der Waals surface area contributed by atoms with Crippen LogP contribution in [0.5, 0.6) is 0 Å². The third kappa shape index (κ3) is 2.43. The van der Waals surface area contributed by atoms with Crippen molar-refractivity contribution in [1.29, 1.82) is 0 Å². The van der Waals surface area contributed by atoms with Crippen molar-refractivity contribution in [3.8, 4) is 0 Å². The van der Waals surface area contributed by atoms with E-state index in [1.807, 2.05) is 0 Å². The highest BCUT2D eigenvalue weighted by Gasteiger charge is 2.15. The van der Waals surface area contributed by atoms with E-state index in [0.717, 1.165) is 12.3 Å². The molecule has 0 aromatic carbocycles. The Morgan fingerprint density at radius 1 is 1.39 bits per heavy atom. The molecule has 1 amide bonds. The van der Waals surface area contributed by atoms with Crippen molar-refractivity contribution in [2.45, 2.75) is 0 Å². The highest BCUT2D eigenvalue weighted by molar-refractivity contribution is 6.03. The van der Waals surface area contributed by atoms with E-state index in [1.54, 1.807) is 0 Å². The topological polar surface area (TPSA) is 125 Å². The lowest BCUT2D eigenvalue weighted by Gasteiger charge is -1.99. The average Bonchev–Trinajstić information content (AvgIpc) is 2.81. The van der Waals surface area contributed by atoms with Crippen LogP contribution in [0, 0.1) is 0 Å². The molecule has 3 N–H and O–H groups in total. The summed E-state index contributed by atoms with van der Waals surface area (Å²) >= 11 is 0. The molecule has 18 heavy (non-hydrogen) atoms. The highest BCUT2D eigenvalue weighted by Crippen LogP contribution is 2.09. The van der Waals surface area contributed by atoms with Gasteiger partial charge in [0.2, 0.25) is 0 Å². The first-order chi connectivity index (χ1) is 8.56. The van der Waals surface area contributed by atoms with Crippen LogP contribution in [-0.2, 0) is 0 Å². The lowest BCUT2D eigenvalue weighted by Crippen LogP contribution is -2.15. The van der Waals surface area contributed by atoms with Gasteiger partial charge in [-0.05, 0) is 6.07 Å². The predicted molar refractivity (Wildman–Crippen MR) is 58.5 cm³/mol. The van der Waals surface area contributed by atoms with Crippen LogP contribution in [0.4, 0.5) is 5.82 Å². The number of H-pyrrole nitrogens is 1. The Morgan fingerprint density at radius 3 is 2.72 bits per heavy atom. The maximum absolute atomic E-state index is 11.6. The number of anilines is 1. The Morgan fingerprint density at radius 2 is 2.17 bits per heavy atom. The van der Waals surface area contributed by atoms with Gasteiger partial charge in [0.1, 0.15) is 6.26 Å². The molecule has 0 aliphatic carbocycles. The molecule has 0 spiro atoms. The van der Waals surface area contributed by atoms with Gasteiger partial charge >= 0.3 is 5.97 Å². The van der Waals surface area contributed by atoms with Crippen molar-refractivity contribution < 1.29 is 19.1 Å². The summed E-state index contributed by atoms with van der Waals surface area (Å²) in [5, 5.41) is 16.7. The first-order valence-electron chi connectivity index (χ1n) is 4.75. The van der Waals surface area contributed by atoms with Crippen LogP contribution in [0.15, 0.2) is 33.7 Å². The number of amides is 1. The van der Waals surface area contributed by atoms with E-state index in [0.29, 0.717) is 0 Å². The number of furan rings is 1. The van der Waals surface area contributed by atoms with E-state index in [4.69, 9.17) is 9.52 Å². The maximum Gasteiger partial charge on any atom is 0.338 e.